The first kappa shape index (κ1) is 15.8. The second-order valence-corrected chi connectivity index (χ2v) is 6.82. The van der Waals surface area contributed by atoms with Gasteiger partial charge in [0.1, 0.15) is 5.75 Å². The van der Waals surface area contributed by atoms with E-state index in [0.717, 1.165) is 28.0 Å². The minimum Gasteiger partial charge on any atom is -0.497 e. The van der Waals surface area contributed by atoms with Crippen LogP contribution in [0.1, 0.15) is 11.1 Å². The van der Waals surface area contributed by atoms with Crippen molar-refractivity contribution in [1.82, 2.24) is 0 Å². The van der Waals surface area contributed by atoms with E-state index in [1.54, 1.807) is 7.11 Å². The summed E-state index contributed by atoms with van der Waals surface area (Å²) in [6.45, 7) is 1.95. The molecule has 0 aliphatic heterocycles. The van der Waals surface area contributed by atoms with Gasteiger partial charge in [-0.1, -0.05) is 35.9 Å². The summed E-state index contributed by atoms with van der Waals surface area (Å²) in [6, 6.07) is 13.5. The molecule has 0 radical (unpaired) electrons. The van der Waals surface area contributed by atoms with E-state index in [0.29, 0.717) is 0 Å². The number of methoxy groups -OCH3 is 1. The lowest BCUT2D eigenvalue weighted by molar-refractivity contribution is 0.314. The molecule has 1 atom stereocenters. The first-order chi connectivity index (χ1) is 9.95. The lowest BCUT2D eigenvalue weighted by Crippen LogP contribution is -1.95. The highest BCUT2D eigenvalue weighted by molar-refractivity contribution is 7.51. The summed E-state index contributed by atoms with van der Waals surface area (Å²) < 4.78 is 21.7. The topological polar surface area (TPSA) is 55.8 Å². The molecule has 0 aromatic heterocycles. The Morgan fingerprint density at radius 2 is 1.76 bits per heavy atom. The van der Waals surface area contributed by atoms with Gasteiger partial charge in [-0.15, -0.1) is 0 Å². The number of ether oxygens (including phenoxy) is 1. The molecule has 1 unspecified atom stereocenters. The molecule has 0 saturated carbocycles. The summed E-state index contributed by atoms with van der Waals surface area (Å²) in [7, 11) is -0.731. The van der Waals surface area contributed by atoms with Crippen LogP contribution in [0.3, 0.4) is 0 Å². The van der Waals surface area contributed by atoms with E-state index in [4.69, 9.17) is 9.26 Å². The molecule has 1 N–H and O–H groups in total. The molecule has 2 rings (SSSR count). The van der Waals surface area contributed by atoms with Crippen molar-refractivity contribution >= 4 is 7.60 Å². The molecule has 0 aliphatic carbocycles. The van der Waals surface area contributed by atoms with Crippen LogP contribution < -0.4 is 4.74 Å². The second-order valence-electron chi connectivity index (χ2n) is 4.87. The van der Waals surface area contributed by atoms with E-state index in [9.17, 15) is 9.46 Å². The smallest absolute Gasteiger partial charge is 0.332 e. The van der Waals surface area contributed by atoms with Crippen molar-refractivity contribution in [2.24, 2.45) is 0 Å². The molecule has 0 bridgehead atoms. The van der Waals surface area contributed by atoms with Gasteiger partial charge in [0.05, 0.1) is 13.3 Å². The van der Waals surface area contributed by atoms with E-state index in [-0.39, 0.29) is 6.16 Å². The monoisotopic (exact) mass is 306 g/mol. The van der Waals surface area contributed by atoms with Gasteiger partial charge in [-0.25, -0.2) is 0 Å². The fraction of sp³-hybridized carbons (Fsp3) is 0.250. The molecule has 0 fully saturated rings. The fourth-order valence-electron chi connectivity index (χ4n) is 2.19. The molecule has 4 nitrogen and oxygen atoms in total. The molecule has 0 amide bonds. The molecule has 5 heteroatoms. The van der Waals surface area contributed by atoms with E-state index in [2.05, 4.69) is 0 Å². The Balaban J connectivity index is 2.45. The van der Waals surface area contributed by atoms with Gasteiger partial charge < -0.3 is 14.2 Å². The zero-order valence-corrected chi connectivity index (χ0v) is 13.3. The van der Waals surface area contributed by atoms with Crippen LogP contribution in [-0.2, 0) is 15.3 Å². The van der Waals surface area contributed by atoms with Crippen molar-refractivity contribution in [3.8, 4) is 16.9 Å². The number of hydrogen-bond donors (Lipinski definition) is 1. The Bertz CT molecular complexity index is 664. The van der Waals surface area contributed by atoms with Gasteiger partial charge in [-0.3, -0.25) is 4.57 Å². The minimum atomic E-state index is -3.60. The maximum absolute atomic E-state index is 11.9. The van der Waals surface area contributed by atoms with Gasteiger partial charge in [0.2, 0.25) is 0 Å². The third-order valence-electron chi connectivity index (χ3n) is 3.32. The number of aryl methyl sites for hydroxylation is 1. The molecule has 2 aromatic carbocycles. The summed E-state index contributed by atoms with van der Waals surface area (Å²) in [5.41, 5.74) is 3.74. The summed E-state index contributed by atoms with van der Waals surface area (Å²) in [6.07, 6.45) is -0.00740. The van der Waals surface area contributed by atoms with Crippen LogP contribution in [0.15, 0.2) is 42.5 Å². The van der Waals surface area contributed by atoms with Crippen LogP contribution >= 0.6 is 7.60 Å². The summed E-state index contributed by atoms with van der Waals surface area (Å²) in [5.74, 6) is 0.775. The lowest BCUT2D eigenvalue weighted by Gasteiger charge is -2.14. The van der Waals surface area contributed by atoms with Gasteiger partial charge in [0.25, 0.3) is 0 Å². The van der Waals surface area contributed by atoms with Gasteiger partial charge in [0.15, 0.2) is 0 Å². The second kappa shape index (κ2) is 6.44. The third-order valence-corrected chi connectivity index (χ3v) is 4.63. The summed E-state index contributed by atoms with van der Waals surface area (Å²) >= 11 is 0. The van der Waals surface area contributed by atoms with Crippen LogP contribution in [0.2, 0.25) is 0 Å². The molecule has 0 spiro atoms. The van der Waals surface area contributed by atoms with Crippen LogP contribution in [0.25, 0.3) is 11.1 Å². The van der Waals surface area contributed by atoms with Gasteiger partial charge in [-0.2, -0.15) is 0 Å². The summed E-state index contributed by atoms with van der Waals surface area (Å²) in [5, 5.41) is 0. The highest BCUT2D eigenvalue weighted by Gasteiger charge is 2.20. The van der Waals surface area contributed by atoms with Crippen molar-refractivity contribution in [3.63, 3.8) is 0 Å². The van der Waals surface area contributed by atoms with Gasteiger partial charge in [-0.05, 0) is 35.7 Å². The Morgan fingerprint density at radius 1 is 1.10 bits per heavy atom. The number of rotatable bonds is 5. The van der Waals surface area contributed by atoms with Crippen LogP contribution in [0.5, 0.6) is 5.75 Å². The Labute approximate surface area is 124 Å². The van der Waals surface area contributed by atoms with Crippen LogP contribution in [0, 0.1) is 6.92 Å². The predicted octanol–water partition coefficient (Wildman–Crippen LogP) is 4.00. The Morgan fingerprint density at radius 3 is 2.33 bits per heavy atom. The number of hydrogen-bond acceptors (Lipinski definition) is 3. The van der Waals surface area contributed by atoms with Crippen molar-refractivity contribution in [2.75, 3.05) is 14.2 Å². The molecular weight excluding hydrogens is 287 g/mol. The third kappa shape index (κ3) is 3.94. The molecule has 21 heavy (non-hydrogen) atoms. The van der Waals surface area contributed by atoms with E-state index in [1.807, 2.05) is 49.4 Å². The quantitative estimate of drug-likeness (QED) is 0.848. The molecule has 112 valence electrons. The maximum atomic E-state index is 11.9. The fourth-order valence-corrected chi connectivity index (χ4v) is 3.01. The normalized spacial score (nSPS) is 13.7. The van der Waals surface area contributed by atoms with Gasteiger partial charge in [0, 0.05) is 7.11 Å². The van der Waals surface area contributed by atoms with E-state index >= 15 is 0 Å². The first-order valence-electron chi connectivity index (χ1n) is 6.56. The van der Waals surface area contributed by atoms with Crippen LogP contribution in [-0.4, -0.2) is 19.1 Å². The highest BCUT2D eigenvalue weighted by atomic mass is 31.2. The minimum absolute atomic E-state index is 0.00740. The largest absolute Gasteiger partial charge is 0.497 e. The van der Waals surface area contributed by atoms with Gasteiger partial charge >= 0.3 is 7.60 Å². The van der Waals surface area contributed by atoms with Crippen molar-refractivity contribution < 1.29 is 18.7 Å². The number of benzene rings is 2. The van der Waals surface area contributed by atoms with Crippen molar-refractivity contribution in [2.45, 2.75) is 13.1 Å². The molecule has 0 saturated heterocycles. The lowest BCUT2D eigenvalue weighted by atomic mass is 9.99. The molecule has 0 aliphatic rings. The standard InChI is InChI=1S/C16H19O4P/c1-12-4-9-16(13-5-7-15(19-2)8-6-13)14(10-12)11-21(17,18)20-3/h4-10H,11H2,1-3H3,(H,17,18). The molecule has 2 aromatic rings. The van der Waals surface area contributed by atoms with E-state index < -0.39 is 7.60 Å². The average molecular weight is 306 g/mol. The van der Waals surface area contributed by atoms with Crippen LogP contribution in [0.4, 0.5) is 0 Å². The summed E-state index contributed by atoms with van der Waals surface area (Å²) in [4.78, 5) is 9.73. The highest BCUT2D eigenvalue weighted by Crippen LogP contribution is 2.46. The van der Waals surface area contributed by atoms with Crippen molar-refractivity contribution in [1.29, 1.82) is 0 Å². The molecule has 0 heterocycles. The Kier molecular flexibility index (Phi) is 4.84. The zero-order chi connectivity index (χ0) is 15.5. The maximum Gasteiger partial charge on any atom is 0.332 e. The zero-order valence-electron chi connectivity index (χ0n) is 12.4. The van der Waals surface area contributed by atoms with E-state index in [1.165, 1.54) is 7.11 Å². The molecular formula is C16H19O4P. The first-order valence-corrected chi connectivity index (χ1v) is 8.33. The van der Waals surface area contributed by atoms with Crippen molar-refractivity contribution in [3.05, 3.63) is 53.6 Å². The Hall–Kier alpha value is -1.61. The predicted molar refractivity (Wildman–Crippen MR) is 83.7 cm³/mol. The average Bonchev–Trinajstić information content (AvgIpc) is 2.47. The SMILES string of the molecule is COc1ccc(-c2ccc(C)cc2CP(=O)(O)OC)cc1.